The minimum atomic E-state index is -3.65. The van der Waals surface area contributed by atoms with Crippen molar-refractivity contribution in [2.24, 2.45) is 0 Å². The third-order valence-electron chi connectivity index (χ3n) is 5.40. The molecule has 2 aromatic rings. The van der Waals surface area contributed by atoms with Gasteiger partial charge in [-0.1, -0.05) is 24.3 Å². The second-order valence-electron chi connectivity index (χ2n) is 8.05. The average Bonchev–Trinajstić information content (AvgIpc) is 2.59. The van der Waals surface area contributed by atoms with Crippen LogP contribution >= 0.6 is 0 Å². The lowest BCUT2D eigenvalue weighted by atomic mass is 9.96. The number of sulfonamides is 1. The van der Waals surface area contributed by atoms with Crippen molar-refractivity contribution in [2.45, 2.75) is 60.5 Å². The van der Waals surface area contributed by atoms with Crippen LogP contribution < -0.4 is 9.62 Å². The molecule has 1 N–H and O–H groups in total. The third-order valence-corrected chi connectivity index (χ3v) is 6.63. The van der Waals surface area contributed by atoms with Crippen molar-refractivity contribution in [3.63, 3.8) is 0 Å². The molecule has 0 aromatic heterocycles. The number of rotatable bonds is 6. The number of benzene rings is 2. The van der Waals surface area contributed by atoms with E-state index in [9.17, 15) is 13.2 Å². The minimum absolute atomic E-state index is 0.232. The highest BCUT2D eigenvalue weighted by molar-refractivity contribution is 7.92. The van der Waals surface area contributed by atoms with E-state index in [1.807, 2.05) is 46.8 Å². The van der Waals surface area contributed by atoms with E-state index in [2.05, 4.69) is 24.4 Å². The van der Waals surface area contributed by atoms with Crippen molar-refractivity contribution in [2.75, 3.05) is 10.6 Å². The van der Waals surface area contributed by atoms with Gasteiger partial charge in [0, 0.05) is 0 Å². The predicted octanol–water partition coefficient (Wildman–Crippen LogP) is 4.26. The Morgan fingerprint density at radius 3 is 2.07 bits per heavy atom. The molecule has 2 atom stereocenters. The lowest BCUT2D eigenvalue weighted by Gasteiger charge is -2.31. The van der Waals surface area contributed by atoms with E-state index in [1.165, 1.54) is 9.87 Å². The van der Waals surface area contributed by atoms with Gasteiger partial charge in [0.1, 0.15) is 6.04 Å². The molecule has 2 rings (SSSR count). The maximum atomic E-state index is 13.0. The first-order valence-electron chi connectivity index (χ1n) is 9.77. The summed E-state index contributed by atoms with van der Waals surface area (Å²) < 4.78 is 26.4. The molecule has 1 amide bonds. The molecule has 0 heterocycles. The molecule has 6 heteroatoms. The zero-order valence-corrected chi connectivity index (χ0v) is 19.4. The molecule has 0 radical (unpaired) electrons. The van der Waals surface area contributed by atoms with Crippen LogP contribution in [0.4, 0.5) is 5.69 Å². The normalized spacial score (nSPS) is 13.7. The molecule has 0 aliphatic heterocycles. The Morgan fingerprint density at radius 1 is 0.897 bits per heavy atom. The summed E-state index contributed by atoms with van der Waals surface area (Å²) in [5.74, 6) is -0.332. The Morgan fingerprint density at radius 2 is 1.48 bits per heavy atom. The second kappa shape index (κ2) is 8.57. The SMILES string of the molecule is Cc1ccc(C)c(N([C@@H](C)C(=O)N[C@@H](C)c2cc(C)c(C)cc2C)S(C)(=O)=O)c1. The van der Waals surface area contributed by atoms with Gasteiger partial charge in [0.2, 0.25) is 15.9 Å². The molecular weight excluding hydrogens is 384 g/mol. The Labute approximate surface area is 175 Å². The average molecular weight is 417 g/mol. The van der Waals surface area contributed by atoms with E-state index in [-0.39, 0.29) is 11.9 Å². The largest absolute Gasteiger partial charge is 0.348 e. The Bertz CT molecular complexity index is 1030. The first-order chi connectivity index (χ1) is 13.3. The molecular formula is C23H32N2O3S. The Hall–Kier alpha value is -2.34. The standard InChI is InChI=1S/C23H32N2O3S/c1-14-9-10-15(2)22(11-14)25(29(8,27)28)20(7)23(26)24-19(6)21-13-17(4)16(3)12-18(21)5/h9-13,19-20H,1-8H3,(H,24,26)/t19-,20-/m0/s1. The molecule has 29 heavy (non-hydrogen) atoms. The number of hydrogen-bond donors (Lipinski definition) is 1. The summed E-state index contributed by atoms with van der Waals surface area (Å²) in [6.45, 7) is 13.4. The van der Waals surface area contributed by atoms with Gasteiger partial charge >= 0.3 is 0 Å². The molecule has 158 valence electrons. The number of carbonyl (C=O) groups is 1. The van der Waals surface area contributed by atoms with Crippen LogP contribution in [0.25, 0.3) is 0 Å². The predicted molar refractivity (Wildman–Crippen MR) is 120 cm³/mol. The van der Waals surface area contributed by atoms with Crippen LogP contribution in [0.5, 0.6) is 0 Å². The summed E-state index contributed by atoms with van der Waals surface area (Å²) in [7, 11) is -3.65. The first kappa shape index (κ1) is 22.9. The molecule has 0 unspecified atom stereocenters. The second-order valence-corrected chi connectivity index (χ2v) is 9.91. The van der Waals surface area contributed by atoms with Gasteiger partial charge in [0.05, 0.1) is 18.0 Å². The number of amides is 1. The van der Waals surface area contributed by atoms with Crippen molar-refractivity contribution >= 4 is 21.6 Å². The van der Waals surface area contributed by atoms with E-state index in [0.717, 1.165) is 34.1 Å². The smallest absolute Gasteiger partial charge is 0.244 e. The molecule has 0 aliphatic carbocycles. The molecule has 0 fully saturated rings. The zero-order valence-electron chi connectivity index (χ0n) is 18.6. The van der Waals surface area contributed by atoms with Gasteiger partial charge < -0.3 is 5.32 Å². The number of hydrogen-bond acceptors (Lipinski definition) is 3. The first-order valence-corrected chi connectivity index (χ1v) is 11.6. The van der Waals surface area contributed by atoms with Crippen molar-refractivity contribution in [3.8, 4) is 0 Å². The number of anilines is 1. The minimum Gasteiger partial charge on any atom is -0.348 e. The summed E-state index contributed by atoms with van der Waals surface area (Å²) in [6.07, 6.45) is 1.13. The van der Waals surface area contributed by atoms with Gasteiger partial charge in [-0.15, -0.1) is 0 Å². The van der Waals surface area contributed by atoms with Crippen LogP contribution in [0.15, 0.2) is 30.3 Å². The summed E-state index contributed by atoms with van der Waals surface area (Å²) in [4.78, 5) is 13.0. The quantitative estimate of drug-likeness (QED) is 0.765. The summed E-state index contributed by atoms with van der Waals surface area (Å²) >= 11 is 0. The molecule has 0 bridgehead atoms. The summed E-state index contributed by atoms with van der Waals surface area (Å²) in [5, 5.41) is 2.99. The van der Waals surface area contributed by atoms with Gasteiger partial charge in [-0.05, 0) is 87.9 Å². The van der Waals surface area contributed by atoms with Crippen LogP contribution in [-0.2, 0) is 14.8 Å². The summed E-state index contributed by atoms with van der Waals surface area (Å²) in [6, 6.07) is 8.68. The topological polar surface area (TPSA) is 66.5 Å². The van der Waals surface area contributed by atoms with E-state index >= 15 is 0 Å². The van der Waals surface area contributed by atoms with Crippen LogP contribution in [0.3, 0.4) is 0 Å². The highest BCUT2D eigenvalue weighted by atomic mass is 32.2. The molecule has 0 spiro atoms. The molecule has 5 nitrogen and oxygen atoms in total. The van der Waals surface area contributed by atoms with Crippen LogP contribution in [0.1, 0.15) is 53.3 Å². The van der Waals surface area contributed by atoms with Crippen molar-refractivity contribution in [1.29, 1.82) is 0 Å². The highest BCUT2D eigenvalue weighted by Gasteiger charge is 2.31. The van der Waals surface area contributed by atoms with E-state index in [0.29, 0.717) is 5.69 Å². The number of nitrogens with zero attached hydrogens (tertiary/aromatic N) is 1. The fraction of sp³-hybridized carbons (Fsp3) is 0.435. The van der Waals surface area contributed by atoms with Crippen LogP contribution in [0.2, 0.25) is 0 Å². The van der Waals surface area contributed by atoms with Crippen molar-refractivity contribution in [3.05, 3.63) is 63.7 Å². The van der Waals surface area contributed by atoms with Gasteiger partial charge in [-0.25, -0.2) is 8.42 Å². The van der Waals surface area contributed by atoms with Crippen LogP contribution in [0, 0.1) is 34.6 Å². The fourth-order valence-electron chi connectivity index (χ4n) is 3.60. The van der Waals surface area contributed by atoms with Crippen LogP contribution in [-0.4, -0.2) is 26.6 Å². The van der Waals surface area contributed by atoms with Crippen molar-refractivity contribution < 1.29 is 13.2 Å². The maximum Gasteiger partial charge on any atom is 0.244 e. The number of carbonyl (C=O) groups excluding carboxylic acids is 1. The molecule has 0 saturated carbocycles. The lowest BCUT2D eigenvalue weighted by molar-refractivity contribution is -0.122. The summed E-state index contributed by atoms with van der Waals surface area (Å²) in [5.41, 5.74) is 6.77. The van der Waals surface area contributed by atoms with E-state index < -0.39 is 16.1 Å². The number of aryl methyl sites for hydroxylation is 5. The van der Waals surface area contributed by atoms with Gasteiger partial charge in [-0.3, -0.25) is 9.10 Å². The third kappa shape index (κ3) is 5.18. The van der Waals surface area contributed by atoms with Gasteiger partial charge in [0.15, 0.2) is 0 Å². The lowest BCUT2D eigenvalue weighted by Crippen LogP contribution is -2.48. The van der Waals surface area contributed by atoms with Gasteiger partial charge in [-0.2, -0.15) is 0 Å². The van der Waals surface area contributed by atoms with E-state index in [1.54, 1.807) is 13.0 Å². The van der Waals surface area contributed by atoms with Gasteiger partial charge in [0.25, 0.3) is 0 Å². The van der Waals surface area contributed by atoms with Crippen molar-refractivity contribution in [1.82, 2.24) is 5.32 Å². The van der Waals surface area contributed by atoms with E-state index in [4.69, 9.17) is 0 Å². The maximum absolute atomic E-state index is 13.0. The Balaban J connectivity index is 2.35. The molecule has 0 aliphatic rings. The Kier molecular flexibility index (Phi) is 6.78. The molecule has 0 saturated heterocycles. The highest BCUT2D eigenvalue weighted by Crippen LogP contribution is 2.27. The number of nitrogens with one attached hydrogen (secondary N) is 1. The monoisotopic (exact) mass is 416 g/mol. The fourth-order valence-corrected chi connectivity index (χ4v) is 4.82. The zero-order chi connectivity index (χ0) is 22.1. The molecule has 2 aromatic carbocycles.